The summed E-state index contributed by atoms with van der Waals surface area (Å²) in [4.78, 5) is 68.1. The normalized spacial score (nSPS) is 26.4. The zero-order chi connectivity index (χ0) is 54.8. The fraction of sp³-hybridized carbons (Fsp3) is 0.286. The lowest BCUT2D eigenvalue weighted by Crippen LogP contribution is -2.65. The number of benzene rings is 4. The first kappa shape index (κ1) is 48.4. The molecule has 8 aliphatic heterocycles. The van der Waals surface area contributed by atoms with Gasteiger partial charge in [0, 0.05) is 56.2 Å². The van der Waals surface area contributed by atoms with Crippen molar-refractivity contribution >= 4 is 77.0 Å². The van der Waals surface area contributed by atoms with Crippen molar-refractivity contribution in [3.8, 4) is 0 Å². The summed E-state index contributed by atoms with van der Waals surface area (Å²) in [6, 6.07) is 34.3. The topological polar surface area (TPSA) is 280 Å². The number of aromatic nitrogens is 6. The van der Waals surface area contributed by atoms with Gasteiger partial charge in [-0.3, -0.25) is 17.6 Å². The van der Waals surface area contributed by atoms with Gasteiger partial charge < -0.3 is 48.7 Å². The van der Waals surface area contributed by atoms with Crippen LogP contribution in [-0.2, 0) is 37.3 Å². The first-order valence-corrected chi connectivity index (χ1v) is 28.2. The quantitative estimate of drug-likeness (QED) is 0.204. The molecule has 81 heavy (non-hydrogen) atoms. The average molecular weight is 1110 g/mol. The Labute approximate surface area is 459 Å². The number of aliphatic imine (C=N–C) groups is 4. The van der Waals surface area contributed by atoms with Crippen LogP contribution in [0.2, 0.25) is 0 Å². The number of amidine groups is 4. The highest BCUT2D eigenvalue weighted by atomic mass is 28.4. The molecule has 12 heterocycles. The zero-order valence-corrected chi connectivity index (χ0v) is 44.7. The molecule has 24 nitrogen and oxygen atoms in total. The smallest absolute Gasteiger partial charge is 0.383 e. The van der Waals surface area contributed by atoms with Crippen LogP contribution in [0.4, 0.5) is 23.3 Å². The van der Waals surface area contributed by atoms with Crippen LogP contribution < -0.4 is 33.8 Å². The molecule has 6 bridgehead atoms. The first-order chi connectivity index (χ1) is 39.2. The molecule has 4 aromatic carbocycles. The summed E-state index contributed by atoms with van der Waals surface area (Å²) in [6.07, 6.45) is -4.17. The van der Waals surface area contributed by atoms with Crippen LogP contribution in [0.3, 0.4) is 0 Å². The van der Waals surface area contributed by atoms with E-state index in [-0.39, 0.29) is 24.8 Å². The number of hydrogen-bond acceptors (Lipinski definition) is 20. The average Bonchev–Trinajstić information content (AvgIpc) is 3.06. The first-order valence-electron chi connectivity index (χ1n) is 26.4. The molecule has 8 aromatic rings. The molecule has 4 aromatic heterocycles. The number of rotatable bonds is 8. The van der Waals surface area contributed by atoms with Crippen LogP contribution >= 0.6 is 0 Å². The van der Waals surface area contributed by atoms with Gasteiger partial charge in [0.1, 0.15) is 70.9 Å². The molecule has 25 heteroatoms. The van der Waals surface area contributed by atoms with Gasteiger partial charge in [0.25, 0.3) is 0 Å². The summed E-state index contributed by atoms with van der Waals surface area (Å²) in [7, 11) is -4.97. The van der Waals surface area contributed by atoms with Crippen molar-refractivity contribution in [3.05, 3.63) is 176 Å². The molecule has 4 N–H and O–H groups in total. The predicted octanol–water partition coefficient (Wildman–Crippen LogP) is 3.92. The van der Waals surface area contributed by atoms with E-state index >= 15 is 0 Å². The SMILES string of the molecule is CC1(C)O[C@@H]2[C@H](O1)[C@@H](CO[Si]1(OC[C@H]3O[C@@H](n4ccc(N)nc4=O)[C@@H]4OC(C)(C)O[C@@H]43)n3c4c5ccccc5c3N=C3N=C(N=c5c6ccccc6c(n51)=NC1=NC(=N4)c4ccccc41)c1ccccc13)O[C@H]2n1ccc(N)nc1=O. The van der Waals surface area contributed by atoms with Gasteiger partial charge in [-0.2, -0.15) is 9.97 Å². The summed E-state index contributed by atoms with van der Waals surface area (Å²) < 4.78 is 62.8. The highest BCUT2D eigenvalue weighted by molar-refractivity contribution is 6.66. The molecule has 0 unspecified atom stereocenters. The lowest BCUT2D eigenvalue weighted by Gasteiger charge is -2.35. The van der Waals surface area contributed by atoms with E-state index < -0.39 is 80.9 Å². The standard InChI is InChI=1S/C56H48N14O10Si/c1-55(2)77-39-35(75-51(41(39)79-55)67-23-21-37(57)59-53(67)71)25-73-81(74-26-36-40-42(80-56(3,4)78-40)52(76-36)68-24-22-38(58)60-54(68)72)69-47-31-17-9-10-18-32(31)49(69)65-45-29-15-7-8-16-30(29)46(62-45)66-50-34-20-12-11-19-33(34)48(70(50)81)64-44-28-14-6-5-13-27(28)43(61-44)63-47/h5-24,35-36,39-42,51-52H,25-26H2,1-4H3,(H2,57,59,71)(H2,58,60,72)/t35-,36-,39-,40-,41-,42-,51-,52-/m1/s1. The maximum Gasteiger partial charge on any atom is 0.603 e. The number of nitrogens with zero attached hydrogens (tertiary/aromatic N) is 12. The fourth-order valence-corrected chi connectivity index (χ4v) is 15.7. The highest BCUT2D eigenvalue weighted by Crippen LogP contribution is 2.48. The molecule has 8 aliphatic rings. The third-order valence-corrected chi connectivity index (χ3v) is 18.8. The van der Waals surface area contributed by atoms with Crippen molar-refractivity contribution in [2.75, 3.05) is 24.7 Å². The van der Waals surface area contributed by atoms with Gasteiger partial charge in [0.15, 0.2) is 47.4 Å². The molecule has 0 spiro atoms. The minimum Gasteiger partial charge on any atom is -0.383 e. The van der Waals surface area contributed by atoms with Crippen molar-refractivity contribution in [1.29, 1.82) is 0 Å². The van der Waals surface area contributed by atoms with E-state index in [0.29, 0.717) is 67.5 Å². The Hall–Kier alpha value is -8.50. The Morgan fingerprint density at radius 3 is 1.26 bits per heavy atom. The van der Waals surface area contributed by atoms with Crippen molar-refractivity contribution in [3.63, 3.8) is 0 Å². The maximum absolute atomic E-state index is 13.7. The molecule has 16 rings (SSSR count). The zero-order valence-electron chi connectivity index (χ0n) is 43.7. The van der Waals surface area contributed by atoms with Crippen LogP contribution in [0.15, 0.2) is 161 Å². The summed E-state index contributed by atoms with van der Waals surface area (Å²) in [5.41, 5.74) is 14.5. The minimum absolute atomic E-state index is 0.0486. The van der Waals surface area contributed by atoms with Gasteiger partial charge >= 0.3 is 20.3 Å². The Morgan fingerprint density at radius 1 is 0.481 bits per heavy atom. The van der Waals surface area contributed by atoms with Crippen LogP contribution in [0, 0.1) is 0 Å². The number of fused-ring (bicyclic) bond motifs is 16. The summed E-state index contributed by atoms with van der Waals surface area (Å²) >= 11 is 0. The van der Waals surface area contributed by atoms with Gasteiger partial charge in [-0.1, -0.05) is 97.1 Å². The summed E-state index contributed by atoms with van der Waals surface area (Å²) in [5, 5.41) is 2.73. The number of nitrogens with two attached hydrogens (primary N) is 2. The van der Waals surface area contributed by atoms with E-state index in [9.17, 15) is 9.59 Å². The molecular weight excluding hydrogens is 1060 g/mol. The van der Waals surface area contributed by atoms with Crippen LogP contribution in [0.1, 0.15) is 62.4 Å². The number of nitrogen functional groups attached to an aromatic ring is 2. The highest BCUT2D eigenvalue weighted by Gasteiger charge is 2.61. The molecule has 4 saturated heterocycles. The maximum atomic E-state index is 13.7. The fourth-order valence-electron chi connectivity index (χ4n) is 12.4. The number of anilines is 2. The lowest BCUT2D eigenvalue weighted by atomic mass is 10.1. The third kappa shape index (κ3) is 7.30. The van der Waals surface area contributed by atoms with Gasteiger partial charge in [0.05, 0.1) is 13.2 Å². The molecule has 8 atom stereocenters. The largest absolute Gasteiger partial charge is 0.603 e. The lowest BCUT2D eigenvalue weighted by molar-refractivity contribution is -0.202. The van der Waals surface area contributed by atoms with E-state index in [0.717, 1.165) is 22.3 Å². The molecule has 4 fully saturated rings. The van der Waals surface area contributed by atoms with Crippen molar-refractivity contribution in [1.82, 2.24) is 27.6 Å². The van der Waals surface area contributed by atoms with Crippen molar-refractivity contribution in [2.45, 2.75) is 88.3 Å². The third-order valence-electron chi connectivity index (χ3n) is 15.7. The van der Waals surface area contributed by atoms with Crippen LogP contribution in [-0.4, -0.2) is 121 Å². The Bertz CT molecular complexity index is 4200. The summed E-state index contributed by atoms with van der Waals surface area (Å²) in [6.45, 7) is 6.67. The Morgan fingerprint density at radius 2 is 0.852 bits per heavy atom. The molecule has 0 radical (unpaired) electrons. The van der Waals surface area contributed by atoms with Crippen LogP contribution in [0.5, 0.6) is 0 Å². The summed E-state index contributed by atoms with van der Waals surface area (Å²) in [5.74, 6) is 0.191. The molecular formula is C56H48N14O10Si. The number of hydrogen-bond donors (Lipinski definition) is 2. The van der Waals surface area contributed by atoms with Gasteiger partial charge in [-0.05, 0) is 39.8 Å². The van der Waals surface area contributed by atoms with E-state index in [1.807, 2.05) is 106 Å². The molecule has 406 valence electrons. The second kappa shape index (κ2) is 17.3. The van der Waals surface area contributed by atoms with Crippen LogP contribution in [0.25, 0.3) is 21.5 Å². The van der Waals surface area contributed by atoms with Crippen molar-refractivity contribution < 1.29 is 37.3 Å². The van der Waals surface area contributed by atoms with Gasteiger partial charge in [-0.25, -0.2) is 39.5 Å². The second-order valence-electron chi connectivity index (χ2n) is 21.6. The second-order valence-corrected chi connectivity index (χ2v) is 24.2. The van der Waals surface area contributed by atoms with E-state index in [2.05, 4.69) is 9.97 Å². The monoisotopic (exact) mass is 1100 g/mol. The molecule has 0 saturated carbocycles. The van der Waals surface area contributed by atoms with Crippen molar-refractivity contribution in [2.24, 2.45) is 30.0 Å². The predicted molar refractivity (Wildman–Crippen MR) is 294 cm³/mol. The minimum atomic E-state index is -4.97. The Kier molecular flexibility index (Phi) is 10.3. The van der Waals surface area contributed by atoms with Gasteiger partial charge in [-0.15, -0.1) is 0 Å². The Balaban J connectivity index is 0.992. The van der Waals surface area contributed by atoms with E-state index in [1.165, 1.54) is 33.7 Å². The molecule has 0 amide bonds. The van der Waals surface area contributed by atoms with E-state index in [1.54, 1.807) is 27.7 Å². The number of ether oxygens (including phenoxy) is 6. The van der Waals surface area contributed by atoms with E-state index in [4.69, 9.17) is 78.7 Å². The molecule has 0 aliphatic carbocycles. The van der Waals surface area contributed by atoms with Gasteiger partial charge in [0.2, 0.25) is 0 Å².